The van der Waals surface area contributed by atoms with Crippen molar-refractivity contribution in [3.8, 4) is 0 Å². The van der Waals surface area contributed by atoms with Crippen molar-refractivity contribution in [2.24, 2.45) is 0 Å². The van der Waals surface area contributed by atoms with Crippen LogP contribution >= 0.6 is 0 Å². The zero-order valence-electron chi connectivity index (χ0n) is 9.40. The van der Waals surface area contributed by atoms with Crippen LogP contribution in [0.4, 0.5) is 0 Å². The van der Waals surface area contributed by atoms with Crippen LogP contribution in [0.15, 0.2) is 11.1 Å². The molecule has 0 rings (SSSR count). The maximum atomic E-state index is 10.8. The Hall–Kier alpha value is -1.48. The van der Waals surface area contributed by atoms with Crippen molar-refractivity contribution in [3.05, 3.63) is 11.1 Å². The maximum absolute atomic E-state index is 10.8. The molecule has 0 bridgehead atoms. The van der Waals surface area contributed by atoms with Gasteiger partial charge >= 0.3 is 0 Å². The van der Waals surface area contributed by atoms with Gasteiger partial charge in [0.05, 0.1) is 37.4 Å². The molecule has 0 spiro atoms. The van der Waals surface area contributed by atoms with E-state index in [1.165, 1.54) is 0 Å². The number of aliphatic hydroxyl groups excluding tert-OH is 4. The number of aliphatic hydroxyl groups is 4. The van der Waals surface area contributed by atoms with Crippen molar-refractivity contribution in [3.63, 3.8) is 0 Å². The minimum atomic E-state index is -1.85. The number of hydrogen-bond donors (Lipinski definition) is 4. The quantitative estimate of drug-likeness (QED) is 0.317. The first kappa shape index (κ1) is 16.5. The number of carbonyl (C=O) groups is 2. The smallest absolute Gasteiger partial charge is 0.0811 e. The standard InChI is InChI=1S/C10H16O8/c11-3-5(13)1-7(9(15)16)8(10(17)18)2-6(14)4-12/h5-6,11-14H,1-4H2,(H,15,16)(H,17,18)/p-2/b8-7-. The van der Waals surface area contributed by atoms with Crippen LogP contribution in [-0.4, -0.2) is 57.8 Å². The Kier molecular flexibility index (Phi) is 7.13. The number of carbonyl (C=O) groups excluding carboxylic acids is 2. The summed E-state index contributed by atoms with van der Waals surface area (Å²) in [6.07, 6.45) is -4.28. The summed E-state index contributed by atoms with van der Waals surface area (Å²) in [5.41, 5.74) is -1.58. The van der Waals surface area contributed by atoms with Crippen LogP contribution in [-0.2, 0) is 9.59 Å². The van der Waals surface area contributed by atoms with Gasteiger partial charge in [-0.2, -0.15) is 0 Å². The highest BCUT2D eigenvalue weighted by Gasteiger charge is 2.16. The van der Waals surface area contributed by atoms with E-state index >= 15 is 0 Å². The highest BCUT2D eigenvalue weighted by molar-refractivity contribution is 5.97. The Bertz CT molecular complexity index is 303. The van der Waals surface area contributed by atoms with Gasteiger partial charge in [0.1, 0.15) is 0 Å². The lowest BCUT2D eigenvalue weighted by Crippen LogP contribution is -2.35. The molecular weight excluding hydrogens is 248 g/mol. The summed E-state index contributed by atoms with van der Waals surface area (Å²) in [6.45, 7) is -1.53. The normalized spacial score (nSPS) is 15.8. The fourth-order valence-corrected chi connectivity index (χ4v) is 1.26. The van der Waals surface area contributed by atoms with Crippen LogP contribution in [0.2, 0.25) is 0 Å². The van der Waals surface area contributed by atoms with Crippen LogP contribution in [0, 0.1) is 0 Å². The molecule has 4 N–H and O–H groups in total. The molecule has 0 aliphatic rings. The molecule has 0 fully saturated rings. The minimum Gasteiger partial charge on any atom is -0.545 e. The van der Waals surface area contributed by atoms with Gasteiger partial charge in [-0.25, -0.2) is 0 Å². The average molecular weight is 262 g/mol. The number of carboxylic acids is 2. The minimum absolute atomic E-state index is 0.666. The molecule has 2 atom stereocenters. The van der Waals surface area contributed by atoms with E-state index in [0.717, 1.165) is 0 Å². The molecule has 0 aliphatic heterocycles. The number of hydrogen-bond acceptors (Lipinski definition) is 8. The summed E-state index contributed by atoms with van der Waals surface area (Å²) >= 11 is 0. The summed E-state index contributed by atoms with van der Waals surface area (Å²) in [5.74, 6) is -3.71. The lowest BCUT2D eigenvalue weighted by atomic mass is 9.97. The molecule has 8 nitrogen and oxygen atoms in total. The number of rotatable bonds is 8. The molecule has 0 saturated heterocycles. The van der Waals surface area contributed by atoms with Crippen LogP contribution in [0.3, 0.4) is 0 Å². The lowest BCUT2D eigenvalue weighted by molar-refractivity contribution is -0.304. The molecule has 0 heterocycles. The van der Waals surface area contributed by atoms with E-state index in [-0.39, 0.29) is 0 Å². The fourth-order valence-electron chi connectivity index (χ4n) is 1.26. The van der Waals surface area contributed by atoms with E-state index in [0.29, 0.717) is 0 Å². The molecule has 0 amide bonds. The zero-order valence-corrected chi connectivity index (χ0v) is 9.40. The first-order valence-corrected chi connectivity index (χ1v) is 5.06. The second-order valence-electron chi connectivity index (χ2n) is 3.61. The Morgan fingerprint density at radius 1 is 0.833 bits per heavy atom. The van der Waals surface area contributed by atoms with E-state index in [4.69, 9.17) is 20.4 Å². The van der Waals surface area contributed by atoms with Crippen molar-refractivity contribution < 1.29 is 40.2 Å². The van der Waals surface area contributed by atoms with E-state index in [9.17, 15) is 19.8 Å². The van der Waals surface area contributed by atoms with E-state index < -0.39 is 61.3 Å². The summed E-state index contributed by atoms with van der Waals surface area (Å²) in [5, 5.41) is 56.9. The van der Waals surface area contributed by atoms with Gasteiger partial charge in [0, 0.05) is 12.8 Å². The SMILES string of the molecule is O=C([O-])/C(CC(O)CO)=C(/CC(O)CO)C(=O)[O-]. The highest BCUT2D eigenvalue weighted by Crippen LogP contribution is 2.16. The fraction of sp³-hybridized carbons (Fsp3) is 0.600. The van der Waals surface area contributed by atoms with Crippen molar-refractivity contribution >= 4 is 11.9 Å². The van der Waals surface area contributed by atoms with Crippen molar-refractivity contribution in [2.75, 3.05) is 13.2 Å². The third kappa shape index (κ3) is 5.23. The molecule has 0 radical (unpaired) electrons. The molecular formula is C10H14O8-2. The Balaban J connectivity index is 5.29. The first-order chi connectivity index (χ1) is 8.33. The molecule has 0 aromatic heterocycles. The van der Waals surface area contributed by atoms with Crippen LogP contribution < -0.4 is 10.2 Å². The van der Waals surface area contributed by atoms with Gasteiger partial charge in [0.15, 0.2) is 0 Å². The van der Waals surface area contributed by atoms with Gasteiger partial charge < -0.3 is 40.2 Å². The van der Waals surface area contributed by atoms with Gasteiger partial charge in [-0.3, -0.25) is 0 Å². The predicted octanol–water partition coefficient (Wildman–Crippen LogP) is -4.73. The lowest BCUT2D eigenvalue weighted by Gasteiger charge is -2.20. The molecule has 0 saturated carbocycles. The maximum Gasteiger partial charge on any atom is 0.0811 e. The third-order valence-electron chi connectivity index (χ3n) is 2.16. The second-order valence-corrected chi connectivity index (χ2v) is 3.61. The zero-order chi connectivity index (χ0) is 14.3. The van der Waals surface area contributed by atoms with Crippen LogP contribution in [0.5, 0.6) is 0 Å². The molecule has 2 unspecified atom stereocenters. The Morgan fingerprint density at radius 3 is 1.28 bits per heavy atom. The van der Waals surface area contributed by atoms with Gasteiger partial charge in [0.25, 0.3) is 0 Å². The monoisotopic (exact) mass is 262 g/mol. The van der Waals surface area contributed by atoms with Crippen LogP contribution in [0.25, 0.3) is 0 Å². The van der Waals surface area contributed by atoms with Gasteiger partial charge in [-0.05, 0) is 11.1 Å². The average Bonchev–Trinajstić information content (AvgIpc) is 2.31. The molecule has 0 aromatic rings. The molecule has 18 heavy (non-hydrogen) atoms. The summed E-state index contributed by atoms with van der Waals surface area (Å²) in [6, 6.07) is 0. The van der Waals surface area contributed by atoms with Crippen molar-refractivity contribution in [1.29, 1.82) is 0 Å². The van der Waals surface area contributed by atoms with E-state index in [1.54, 1.807) is 0 Å². The van der Waals surface area contributed by atoms with Crippen molar-refractivity contribution in [2.45, 2.75) is 25.0 Å². The third-order valence-corrected chi connectivity index (χ3v) is 2.16. The van der Waals surface area contributed by atoms with Gasteiger partial charge in [-0.1, -0.05) is 0 Å². The number of aliphatic carboxylic acids is 2. The van der Waals surface area contributed by atoms with E-state index in [2.05, 4.69) is 0 Å². The first-order valence-electron chi connectivity index (χ1n) is 5.06. The molecule has 0 aliphatic carbocycles. The van der Waals surface area contributed by atoms with Crippen LogP contribution in [0.1, 0.15) is 12.8 Å². The Morgan fingerprint density at radius 2 is 1.11 bits per heavy atom. The molecule has 0 aromatic carbocycles. The summed E-state index contributed by atoms with van der Waals surface area (Å²) < 4.78 is 0. The second kappa shape index (κ2) is 7.77. The molecule has 8 heteroatoms. The summed E-state index contributed by atoms with van der Waals surface area (Å²) in [7, 11) is 0. The molecule has 104 valence electrons. The number of carboxylic acid groups (broad SMARTS) is 2. The van der Waals surface area contributed by atoms with Gasteiger partial charge in [-0.15, -0.1) is 0 Å². The Labute approximate surface area is 102 Å². The largest absolute Gasteiger partial charge is 0.545 e. The van der Waals surface area contributed by atoms with Gasteiger partial charge in [0.2, 0.25) is 0 Å². The van der Waals surface area contributed by atoms with Crippen molar-refractivity contribution in [1.82, 2.24) is 0 Å². The summed E-state index contributed by atoms with van der Waals surface area (Å²) in [4.78, 5) is 21.5. The topological polar surface area (TPSA) is 161 Å². The van der Waals surface area contributed by atoms with E-state index in [1.807, 2.05) is 0 Å². The predicted molar refractivity (Wildman–Crippen MR) is 52.5 cm³/mol. The highest BCUT2D eigenvalue weighted by atomic mass is 16.4.